The lowest BCUT2D eigenvalue weighted by Crippen LogP contribution is -2.45. The molecule has 1 atom stereocenters. The number of nitrogens with zero attached hydrogens (tertiary/aromatic N) is 7. The van der Waals surface area contributed by atoms with Crippen LogP contribution in [0.15, 0.2) is 30.6 Å². The Balaban J connectivity index is 1.61. The van der Waals surface area contributed by atoms with Gasteiger partial charge in [0.2, 0.25) is 0 Å². The lowest BCUT2D eigenvalue weighted by Gasteiger charge is -2.39. The zero-order chi connectivity index (χ0) is 24.4. The van der Waals surface area contributed by atoms with Crippen LogP contribution in [-0.2, 0) is 10.2 Å². The number of fused-ring (bicyclic) bond motifs is 1. The Hall–Kier alpha value is -3.06. The fourth-order valence-electron chi connectivity index (χ4n) is 5.27. The lowest BCUT2D eigenvalue weighted by atomic mass is 9.72. The number of pyridine rings is 2. The summed E-state index contributed by atoms with van der Waals surface area (Å²) in [6.45, 7) is 8.14. The molecule has 0 radical (unpaired) electrons. The van der Waals surface area contributed by atoms with Gasteiger partial charge >= 0.3 is 0 Å². The molecule has 2 saturated heterocycles. The van der Waals surface area contributed by atoms with Crippen molar-refractivity contribution in [3.8, 4) is 17.5 Å². The summed E-state index contributed by atoms with van der Waals surface area (Å²) in [4.78, 5) is 16.8. The highest BCUT2D eigenvalue weighted by Gasteiger charge is 2.39. The second kappa shape index (κ2) is 9.90. The molecule has 0 aliphatic carbocycles. The highest BCUT2D eigenvalue weighted by molar-refractivity contribution is 5.94. The summed E-state index contributed by atoms with van der Waals surface area (Å²) in [5.41, 5.74) is 2.90. The second-order valence-electron chi connectivity index (χ2n) is 10.0. The maximum atomic E-state index is 10.6. The summed E-state index contributed by atoms with van der Waals surface area (Å²) in [6.07, 6.45) is 5.15. The average Bonchev–Trinajstić information content (AvgIpc) is 3.42. The number of aromatic amines is 1. The molecule has 3 aromatic rings. The number of likely N-dealkylation sites (N-methyl/N-ethyl adjacent to an activating group) is 1. The number of hydrogen-bond acceptors (Lipinski definition) is 8. The molecule has 1 N–H and O–H groups in total. The van der Waals surface area contributed by atoms with Crippen LogP contribution in [0.1, 0.15) is 25.3 Å². The molecule has 3 aromatic heterocycles. The number of piperidine rings is 1. The van der Waals surface area contributed by atoms with Gasteiger partial charge in [-0.1, -0.05) is 0 Å². The molecule has 0 saturated carbocycles. The summed E-state index contributed by atoms with van der Waals surface area (Å²) in [7, 11) is 4.21. The molecule has 35 heavy (non-hydrogen) atoms. The Morgan fingerprint density at radius 1 is 1.23 bits per heavy atom. The van der Waals surface area contributed by atoms with Gasteiger partial charge < -0.3 is 19.4 Å². The van der Waals surface area contributed by atoms with Crippen LogP contribution in [0.4, 0.5) is 5.82 Å². The van der Waals surface area contributed by atoms with Crippen LogP contribution >= 0.6 is 0 Å². The molecule has 0 aromatic carbocycles. The summed E-state index contributed by atoms with van der Waals surface area (Å²) >= 11 is 0. The predicted molar refractivity (Wildman–Crippen MR) is 136 cm³/mol. The van der Waals surface area contributed by atoms with Crippen molar-refractivity contribution in [3.05, 3.63) is 36.2 Å². The third kappa shape index (κ3) is 4.61. The number of hydrogen-bond donors (Lipinski definition) is 1. The second-order valence-corrected chi connectivity index (χ2v) is 10.0. The van der Waals surface area contributed by atoms with Crippen molar-refractivity contribution in [2.45, 2.75) is 31.2 Å². The number of nitriles is 1. The standard InChI is InChI=1S/C26H34N8O/c1-19-17-35-15-14-34(19)23-16-21(26(18-27)6-10-33(11-7-26)13-12-32(2)3)20-4-8-28-25(24(20)30-23)22-5-9-29-31-22/h4-5,8-9,16,19H,6-7,10-15,17H2,1-3H3,(H,29,31)/t19-/m1/s1. The number of rotatable bonds is 6. The van der Waals surface area contributed by atoms with Crippen LogP contribution < -0.4 is 4.90 Å². The number of anilines is 1. The fourth-order valence-corrected chi connectivity index (χ4v) is 5.27. The van der Waals surface area contributed by atoms with Crippen molar-refractivity contribution in [2.24, 2.45) is 0 Å². The molecule has 9 heteroatoms. The summed E-state index contributed by atoms with van der Waals surface area (Å²) in [5.74, 6) is 0.890. The number of morpholine rings is 1. The first-order valence-electron chi connectivity index (χ1n) is 12.4. The van der Waals surface area contributed by atoms with Gasteiger partial charge in [0.15, 0.2) is 0 Å². The lowest BCUT2D eigenvalue weighted by molar-refractivity contribution is 0.0985. The molecule has 184 valence electrons. The predicted octanol–water partition coefficient (Wildman–Crippen LogP) is 2.66. The number of ether oxygens (including phenoxy) is 1. The maximum absolute atomic E-state index is 10.6. The minimum absolute atomic E-state index is 0.208. The maximum Gasteiger partial charge on any atom is 0.130 e. The van der Waals surface area contributed by atoms with E-state index in [-0.39, 0.29) is 6.04 Å². The van der Waals surface area contributed by atoms with Gasteiger partial charge in [0.1, 0.15) is 17.0 Å². The van der Waals surface area contributed by atoms with Crippen LogP contribution in [0.3, 0.4) is 0 Å². The third-order valence-electron chi connectivity index (χ3n) is 7.43. The fraction of sp³-hybridized carbons (Fsp3) is 0.538. The molecule has 0 bridgehead atoms. The van der Waals surface area contributed by atoms with Crippen LogP contribution in [0, 0.1) is 11.3 Å². The average molecular weight is 475 g/mol. The zero-order valence-electron chi connectivity index (χ0n) is 20.9. The van der Waals surface area contributed by atoms with E-state index in [4.69, 9.17) is 9.72 Å². The van der Waals surface area contributed by atoms with Crippen LogP contribution in [0.2, 0.25) is 0 Å². The topological polar surface area (TPSA) is 97.2 Å². The van der Waals surface area contributed by atoms with Crippen LogP contribution in [0.5, 0.6) is 0 Å². The van der Waals surface area contributed by atoms with E-state index >= 15 is 0 Å². The SMILES string of the molecule is C[C@@H]1COCCN1c1cc(C2(C#N)CCN(CCN(C)C)CC2)c2ccnc(-c3ccn[nH]3)c2n1. The van der Waals surface area contributed by atoms with Gasteiger partial charge in [0.25, 0.3) is 0 Å². The van der Waals surface area contributed by atoms with E-state index < -0.39 is 5.41 Å². The smallest absolute Gasteiger partial charge is 0.130 e. The van der Waals surface area contributed by atoms with Crippen molar-refractivity contribution in [2.75, 3.05) is 64.9 Å². The number of H-pyrrole nitrogens is 1. The van der Waals surface area contributed by atoms with E-state index in [1.54, 1.807) is 6.20 Å². The number of aromatic nitrogens is 4. The first kappa shape index (κ1) is 23.7. The van der Waals surface area contributed by atoms with Crippen molar-refractivity contribution in [3.63, 3.8) is 0 Å². The number of nitrogens with one attached hydrogen (secondary N) is 1. The van der Waals surface area contributed by atoms with Gasteiger partial charge in [-0.3, -0.25) is 10.1 Å². The molecule has 2 aliphatic rings. The van der Waals surface area contributed by atoms with Gasteiger partial charge in [-0.2, -0.15) is 10.4 Å². The number of likely N-dealkylation sites (tertiary alicyclic amines) is 1. The molecule has 2 fully saturated rings. The van der Waals surface area contributed by atoms with E-state index in [0.717, 1.165) is 79.2 Å². The minimum atomic E-state index is -0.563. The van der Waals surface area contributed by atoms with E-state index in [0.29, 0.717) is 13.2 Å². The van der Waals surface area contributed by atoms with Crippen molar-refractivity contribution < 1.29 is 4.74 Å². The Bertz CT molecular complexity index is 1190. The minimum Gasteiger partial charge on any atom is -0.377 e. The Morgan fingerprint density at radius 2 is 2.06 bits per heavy atom. The summed E-state index contributed by atoms with van der Waals surface area (Å²) in [6, 6.07) is 9.06. The Morgan fingerprint density at radius 3 is 2.74 bits per heavy atom. The molecule has 5 rings (SSSR count). The van der Waals surface area contributed by atoms with Crippen LogP contribution in [0.25, 0.3) is 22.3 Å². The molecule has 0 spiro atoms. The van der Waals surface area contributed by atoms with Gasteiger partial charge in [0, 0.05) is 50.5 Å². The monoisotopic (exact) mass is 474 g/mol. The van der Waals surface area contributed by atoms with Crippen LogP contribution in [-0.4, -0.2) is 96.0 Å². The molecule has 0 unspecified atom stereocenters. The van der Waals surface area contributed by atoms with Crippen molar-refractivity contribution in [1.29, 1.82) is 5.26 Å². The normalized spacial score (nSPS) is 20.9. The molecular formula is C26H34N8O. The quantitative estimate of drug-likeness (QED) is 0.582. The zero-order valence-corrected chi connectivity index (χ0v) is 20.9. The van der Waals surface area contributed by atoms with Gasteiger partial charge in [-0.05, 0) is 57.6 Å². The molecule has 9 nitrogen and oxygen atoms in total. The summed E-state index contributed by atoms with van der Waals surface area (Å²) in [5, 5.41) is 18.8. The van der Waals surface area contributed by atoms with Gasteiger partial charge in [-0.15, -0.1) is 0 Å². The molecule has 2 aliphatic heterocycles. The first-order chi connectivity index (χ1) is 17.0. The molecule has 0 amide bonds. The highest BCUT2D eigenvalue weighted by Crippen LogP contribution is 2.41. The Kier molecular flexibility index (Phi) is 6.69. The van der Waals surface area contributed by atoms with Gasteiger partial charge in [-0.25, -0.2) is 4.98 Å². The van der Waals surface area contributed by atoms with Crippen molar-refractivity contribution >= 4 is 16.7 Å². The summed E-state index contributed by atoms with van der Waals surface area (Å²) < 4.78 is 5.69. The van der Waals surface area contributed by atoms with E-state index in [1.807, 2.05) is 18.3 Å². The largest absolute Gasteiger partial charge is 0.377 e. The first-order valence-corrected chi connectivity index (χ1v) is 12.4. The highest BCUT2D eigenvalue weighted by atomic mass is 16.5. The van der Waals surface area contributed by atoms with E-state index in [9.17, 15) is 5.26 Å². The third-order valence-corrected chi connectivity index (χ3v) is 7.43. The molecule has 5 heterocycles. The molecular weight excluding hydrogens is 440 g/mol. The van der Waals surface area contributed by atoms with E-state index in [2.05, 4.69) is 63.0 Å². The Labute approximate surface area is 206 Å². The van der Waals surface area contributed by atoms with Gasteiger partial charge in [0.05, 0.1) is 36.4 Å². The van der Waals surface area contributed by atoms with Crippen molar-refractivity contribution in [1.82, 2.24) is 30.0 Å². The van der Waals surface area contributed by atoms with E-state index in [1.165, 1.54) is 0 Å².